The fourth-order valence-electron chi connectivity index (χ4n) is 1.88. The largest absolute Gasteiger partial charge is 0.392 e. The molecule has 96 valence electrons. The van der Waals surface area contributed by atoms with Crippen molar-refractivity contribution in [2.45, 2.75) is 24.4 Å². The van der Waals surface area contributed by atoms with Crippen LogP contribution in [0.25, 0.3) is 0 Å². The lowest BCUT2D eigenvalue weighted by Gasteiger charge is -2.23. The molecule has 1 aromatic rings. The Kier molecular flexibility index (Phi) is 3.09. The molecular formula is C11H13N3O4. The first kappa shape index (κ1) is 12.6. The highest BCUT2D eigenvalue weighted by Gasteiger charge is 2.47. The van der Waals surface area contributed by atoms with Crippen molar-refractivity contribution in [3.05, 3.63) is 22.7 Å². The van der Waals surface area contributed by atoms with Crippen molar-refractivity contribution in [3.63, 3.8) is 0 Å². The molecule has 0 amide bonds. The first-order chi connectivity index (χ1) is 8.52. The average molecular weight is 251 g/mol. The smallest absolute Gasteiger partial charge is 0.351 e. The van der Waals surface area contributed by atoms with E-state index >= 15 is 0 Å². The van der Waals surface area contributed by atoms with E-state index in [4.69, 9.17) is 16.9 Å². The van der Waals surface area contributed by atoms with E-state index < -0.39 is 30.2 Å². The Morgan fingerprint density at radius 1 is 1.78 bits per heavy atom. The van der Waals surface area contributed by atoms with Crippen LogP contribution in [0.1, 0.15) is 12.6 Å². The number of anilines is 1. The third-order valence-electron chi connectivity index (χ3n) is 2.95. The Balaban J connectivity index is 2.33. The highest BCUT2D eigenvalue weighted by atomic mass is 16.6. The van der Waals surface area contributed by atoms with Gasteiger partial charge in [0.05, 0.1) is 6.61 Å². The van der Waals surface area contributed by atoms with Gasteiger partial charge in [0.15, 0.2) is 5.60 Å². The number of aliphatic hydroxyl groups is 2. The zero-order chi connectivity index (χ0) is 13.3. The number of hydrogen-bond acceptors (Lipinski definition) is 6. The summed E-state index contributed by atoms with van der Waals surface area (Å²) in [4.78, 5) is 15.2. The van der Waals surface area contributed by atoms with Crippen molar-refractivity contribution >= 4 is 5.82 Å². The summed E-state index contributed by atoms with van der Waals surface area (Å²) in [7, 11) is 0. The Morgan fingerprint density at radius 2 is 2.50 bits per heavy atom. The van der Waals surface area contributed by atoms with Gasteiger partial charge in [0.2, 0.25) is 0 Å². The van der Waals surface area contributed by atoms with Crippen LogP contribution in [0, 0.1) is 12.3 Å². The number of nitrogen functional groups attached to an aromatic ring is 1. The van der Waals surface area contributed by atoms with Gasteiger partial charge in [0.25, 0.3) is 0 Å². The van der Waals surface area contributed by atoms with Crippen LogP contribution < -0.4 is 11.4 Å². The molecule has 18 heavy (non-hydrogen) atoms. The monoisotopic (exact) mass is 251 g/mol. The molecule has 7 nitrogen and oxygen atoms in total. The van der Waals surface area contributed by atoms with Crippen molar-refractivity contribution in [2.75, 3.05) is 12.3 Å². The van der Waals surface area contributed by atoms with E-state index in [0.29, 0.717) is 0 Å². The van der Waals surface area contributed by atoms with Crippen LogP contribution in [0.5, 0.6) is 0 Å². The SMILES string of the molecule is C#C[C@@]1(CO)O[C@H](n2ccc(N)nc2=O)C[C@H]1O. The van der Waals surface area contributed by atoms with Crippen LogP contribution in [0.15, 0.2) is 17.1 Å². The lowest BCUT2D eigenvalue weighted by atomic mass is 9.99. The predicted molar refractivity (Wildman–Crippen MR) is 62.3 cm³/mol. The van der Waals surface area contributed by atoms with Crippen molar-refractivity contribution in [1.29, 1.82) is 0 Å². The van der Waals surface area contributed by atoms with Gasteiger partial charge in [-0.15, -0.1) is 6.42 Å². The first-order valence-electron chi connectivity index (χ1n) is 5.31. The molecule has 2 heterocycles. The molecule has 1 aromatic heterocycles. The second-order valence-corrected chi connectivity index (χ2v) is 4.06. The number of rotatable bonds is 2. The zero-order valence-corrected chi connectivity index (χ0v) is 9.48. The molecule has 0 spiro atoms. The van der Waals surface area contributed by atoms with Crippen LogP contribution in [0.4, 0.5) is 5.82 Å². The summed E-state index contributed by atoms with van der Waals surface area (Å²) in [6.07, 6.45) is 4.93. The maximum atomic E-state index is 11.6. The topological polar surface area (TPSA) is 111 Å². The fourth-order valence-corrected chi connectivity index (χ4v) is 1.88. The van der Waals surface area contributed by atoms with Gasteiger partial charge in [-0.2, -0.15) is 4.98 Å². The predicted octanol–water partition coefficient (Wildman–Crippen LogP) is -1.53. The minimum atomic E-state index is -1.48. The Morgan fingerprint density at radius 3 is 3.00 bits per heavy atom. The molecule has 0 saturated carbocycles. The van der Waals surface area contributed by atoms with Gasteiger partial charge in [-0.3, -0.25) is 4.57 Å². The lowest BCUT2D eigenvalue weighted by Crippen LogP contribution is -2.41. The minimum Gasteiger partial charge on any atom is -0.392 e. The molecule has 3 atom stereocenters. The summed E-state index contributed by atoms with van der Waals surface area (Å²) in [5.74, 6) is 2.32. The molecule has 4 N–H and O–H groups in total. The van der Waals surface area contributed by atoms with Gasteiger partial charge in [0, 0.05) is 12.6 Å². The standard InChI is InChI=1S/C11H13N3O4/c1-2-11(6-15)7(16)5-9(18-11)14-4-3-8(12)13-10(14)17/h1,3-4,7,9,15-16H,5-6H2,(H2,12,13,17)/t7-,9+,11+/m1/s1. The third-order valence-corrected chi connectivity index (χ3v) is 2.95. The summed E-state index contributed by atoms with van der Waals surface area (Å²) in [5, 5.41) is 19.0. The molecule has 0 bridgehead atoms. The average Bonchev–Trinajstić information content (AvgIpc) is 2.67. The number of nitrogens with zero attached hydrogens (tertiary/aromatic N) is 2. The number of ether oxygens (including phenoxy) is 1. The molecule has 1 fully saturated rings. The number of aromatic nitrogens is 2. The molecule has 0 radical (unpaired) electrons. The Labute approximate surface area is 103 Å². The molecule has 0 aromatic carbocycles. The summed E-state index contributed by atoms with van der Waals surface area (Å²) in [6, 6.07) is 1.44. The number of nitrogens with two attached hydrogens (primary N) is 1. The summed E-state index contributed by atoms with van der Waals surface area (Å²) in [5.41, 5.74) is 3.29. The van der Waals surface area contributed by atoms with Crippen molar-refractivity contribution < 1.29 is 14.9 Å². The lowest BCUT2D eigenvalue weighted by molar-refractivity contribution is -0.0912. The van der Waals surface area contributed by atoms with Gasteiger partial charge in [0.1, 0.15) is 18.1 Å². The molecule has 0 aliphatic carbocycles. The van der Waals surface area contributed by atoms with E-state index in [0.717, 1.165) is 0 Å². The Hall–Kier alpha value is -1.88. The van der Waals surface area contributed by atoms with E-state index in [1.807, 2.05) is 0 Å². The Bertz CT molecular complexity index is 550. The maximum absolute atomic E-state index is 11.6. The van der Waals surface area contributed by atoms with E-state index in [2.05, 4.69) is 10.9 Å². The molecule has 0 unspecified atom stereocenters. The summed E-state index contributed by atoms with van der Waals surface area (Å²) < 4.78 is 6.59. The van der Waals surface area contributed by atoms with Gasteiger partial charge in [-0.1, -0.05) is 5.92 Å². The number of hydrogen-bond donors (Lipinski definition) is 3. The first-order valence-corrected chi connectivity index (χ1v) is 5.31. The van der Waals surface area contributed by atoms with Crippen molar-refractivity contribution in [2.24, 2.45) is 0 Å². The van der Waals surface area contributed by atoms with Crippen LogP contribution in [0.2, 0.25) is 0 Å². The minimum absolute atomic E-state index is 0.0935. The van der Waals surface area contributed by atoms with E-state index in [-0.39, 0.29) is 12.2 Å². The second kappa shape index (κ2) is 4.42. The highest BCUT2D eigenvalue weighted by molar-refractivity contribution is 5.24. The molecule has 7 heteroatoms. The van der Waals surface area contributed by atoms with Crippen LogP contribution in [-0.4, -0.2) is 38.1 Å². The van der Waals surface area contributed by atoms with Gasteiger partial charge in [-0.25, -0.2) is 4.79 Å². The van der Waals surface area contributed by atoms with Crippen LogP contribution >= 0.6 is 0 Å². The van der Waals surface area contributed by atoms with Crippen molar-refractivity contribution in [1.82, 2.24) is 9.55 Å². The molecule has 1 saturated heterocycles. The van der Waals surface area contributed by atoms with Gasteiger partial charge < -0.3 is 20.7 Å². The molecule has 1 aliphatic rings. The zero-order valence-electron chi connectivity index (χ0n) is 9.48. The number of aliphatic hydroxyl groups excluding tert-OH is 2. The fraction of sp³-hybridized carbons (Fsp3) is 0.455. The molecular weight excluding hydrogens is 238 g/mol. The summed E-state index contributed by atoms with van der Waals surface area (Å²) >= 11 is 0. The molecule has 1 aliphatic heterocycles. The van der Waals surface area contributed by atoms with Crippen molar-refractivity contribution in [3.8, 4) is 12.3 Å². The molecule has 2 rings (SSSR count). The maximum Gasteiger partial charge on any atom is 0.351 e. The van der Waals surface area contributed by atoms with Gasteiger partial charge >= 0.3 is 5.69 Å². The third kappa shape index (κ3) is 1.86. The highest BCUT2D eigenvalue weighted by Crippen LogP contribution is 2.35. The second-order valence-electron chi connectivity index (χ2n) is 4.06. The quantitative estimate of drug-likeness (QED) is 0.550. The van der Waals surface area contributed by atoms with E-state index in [1.165, 1.54) is 16.8 Å². The van der Waals surface area contributed by atoms with Crippen LogP contribution in [-0.2, 0) is 4.74 Å². The van der Waals surface area contributed by atoms with E-state index in [9.17, 15) is 15.0 Å². The van der Waals surface area contributed by atoms with E-state index in [1.54, 1.807) is 0 Å². The number of terminal acetylenes is 1. The summed E-state index contributed by atoms with van der Waals surface area (Å²) in [6.45, 7) is -0.529. The normalized spacial score (nSPS) is 31.2. The van der Waals surface area contributed by atoms with Gasteiger partial charge in [-0.05, 0) is 6.07 Å². The van der Waals surface area contributed by atoms with Crippen LogP contribution in [0.3, 0.4) is 0 Å².